The van der Waals surface area contributed by atoms with Crippen LogP contribution in [0.15, 0.2) is 18.3 Å². The average molecular weight is 239 g/mol. The Kier molecular flexibility index (Phi) is 4.65. The number of carbonyl (C=O) groups excluding carboxylic acids is 1. The van der Waals surface area contributed by atoms with Crippen molar-refractivity contribution < 1.29 is 9.53 Å². The van der Waals surface area contributed by atoms with E-state index >= 15 is 0 Å². The van der Waals surface area contributed by atoms with Crippen molar-refractivity contribution in [2.24, 2.45) is 5.73 Å². The highest BCUT2D eigenvalue weighted by Crippen LogP contribution is 2.12. The summed E-state index contributed by atoms with van der Waals surface area (Å²) >= 11 is 4.70. The Morgan fingerprint density at radius 1 is 1.69 bits per heavy atom. The molecule has 1 aromatic heterocycles. The lowest BCUT2D eigenvalue weighted by molar-refractivity contribution is 0.0951. The van der Waals surface area contributed by atoms with E-state index in [4.69, 9.17) is 22.7 Å². The predicted octanol–water partition coefficient (Wildman–Crippen LogP) is 0.496. The minimum Gasteiger partial charge on any atom is -0.480 e. The molecule has 0 aliphatic rings. The van der Waals surface area contributed by atoms with Crippen LogP contribution >= 0.6 is 12.2 Å². The van der Waals surface area contributed by atoms with Gasteiger partial charge in [0.25, 0.3) is 5.91 Å². The Balaban J connectivity index is 2.62. The molecule has 1 amide bonds. The minimum atomic E-state index is -0.249. The Morgan fingerprint density at radius 2 is 2.44 bits per heavy atom. The molecule has 5 nitrogen and oxygen atoms in total. The van der Waals surface area contributed by atoms with Gasteiger partial charge in [0.15, 0.2) is 0 Å². The molecule has 86 valence electrons. The van der Waals surface area contributed by atoms with Gasteiger partial charge < -0.3 is 15.8 Å². The number of aromatic nitrogens is 1. The zero-order valence-electron chi connectivity index (χ0n) is 8.90. The first kappa shape index (κ1) is 12.4. The fourth-order valence-electron chi connectivity index (χ4n) is 1.12. The maximum atomic E-state index is 11.7. The largest absolute Gasteiger partial charge is 0.480 e. The highest BCUT2D eigenvalue weighted by Gasteiger charge is 2.11. The van der Waals surface area contributed by atoms with E-state index in [9.17, 15) is 4.79 Å². The van der Waals surface area contributed by atoms with Crippen molar-refractivity contribution >= 4 is 23.1 Å². The number of ether oxygens (including phenoxy) is 1. The van der Waals surface area contributed by atoms with Crippen molar-refractivity contribution in [3.63, 3.8) is 0 Å². The summed E-state index contributed by atoms with van der Waals surface area (Å²) in [4.78, 5) is 16.0. The lowest BCUT2D eigenvalue weighted by Gasteiger charge is -2.07. The third-order valence-electron chi connectivity index (χ3n) is 1.87. The standard InChI is InChI=1S/C10H13N3O2S/c1-15-10-7(3-2-5-13-10)9(14)12-6-4-8(11)16/h2-3,5H,4,6H2,1H3,(H2,11,16)(H,12,14). The van der Waals surface area contributed by atoms with Gasteiger partial charge in [-0.25, -0.2) is 4.98 Å². The van der Waals surface area contributed by atoms with Gasteiger partial charge in [0.05, 0.1) is 12.1 Å². The zero-order valence-corrected chi connectivity index (χ0v) is 9.71. The van der Waals surface area contributed by atoms with Crippen LogP contribution < -0.4 is 15.8 Å². The van der Waals surface area contributed by atoms with Gasteiger partial charge in [-0.3, -0.25) is 4.79 Å². The van der Waals surface area contributed by atoms with E-state index in [1.807, 2.05) is 0 Å². The van der Waals surface area contributed by atoms with Gasteiger partial charge in [-0.1, -0.05) is 12.2 Å². The van der Waals surface area contributed by atoms with Gasteiger partial charge in [-0.2, -0.15) is 0 Å². The molecular formula is C10H13N3O2S. The summed E-state index contributed by atoms with van der Waals surface area (Å²) in [5.41, 5.74) is 5.71. The molecule has 0 bridgehead atoms. The summed E-state index contributed by atoms with van der Waals surface area (Å²) in [6.45, 7) is 0.409. The SMILES string of the molecule is COc1ncccc1C(=O)NCCC(N)=S. The van der Waals surface area contributed by atoms with Crippen molar-refractivity contribution in [2.75, 3.05) is 13.7 Å². The number of thiocarbonyl (C=S) groups is 1. The van der Waals surface area contributed by atoms with Crippen LogP contribution in [-0.2, 0) is 0 Å². The molecule has 0 saturated carbocycles. The molecule has 0 radical (unpaired) electrons. The molecule has 0 aliphatic carbocycles. The van der Waals surface area contributed by atoms with Gasteiger partial charge in [-0.05, 0) is 12.1 Å². The molecule has 0 unspecified atom stereocenters. The van der Waals surface area contributed by atoms with E-state index in [0.29, 0.717) is 29.4 Å². The van der Waals surface area contributed by atoms with Crippen LogP contribution in [-0.4, -0.2) is 29.5 Å². The molecule has 0 spiro atoms. The van der Waals surface area contributed by atoms with E-state index in [1.54, 1.807) is 18.3 Å². The van der Waals surface area contributed by atoms with Crippen molar-refractivity contribution in [1.29, 1.82) is 0 Å². The topological polar surface area (TPSA) is 77.2 Å². The van der Waals surface area contributed by atoms with Crippen LogP contribution in [0.2, 0.25) is 0 Å². The fraction of sp³-hybridized carbons (Fsp3) is 0.300. The molecule has 0 aromatic carbocycles. The van der Waals surface area contributed by atoms with Gasteiger partial charge in [0.1, 0.15) is 5.56 Å². The highest BCUT2D eigenvalue weighted by molar-refractivity contribution is 7.80. The van der Waals surface area contributed by atoms with E-state index in [2.05, 4.69) is 10.3 Å². The summed E-state index contributed by atoms with van der Waals surface area (Å²) in [5, 5.41) is 2.68. The number of carbonyl (C=O) groups is 1. The summed E-state index contributed by atoms with van der Waals surface area (Å²) in [6, 6.07) is 3.31. The number of nitrogens with zero attached hydrogens (tertiary/aromatic N) is 1. The maximum Gasteiger partial charge on any atom is 0.256 e. The van der Waals surface area contributed by atoms with Gasteiger partial charge in [-0.15, -0.1) is 0 Å². The molecule has 1 rings (SSSR count). The number of hydrogen-bond acceptors (Lipinski definition) is 4. The summed E-state index contributed by atoms with van der Waals surface area (Å²) in [6.07, 6.45) is 2.04. The van der Waals surface area contributed by atoms with E-state index in [-0.39, 0.29) is 5.91 Å². The number of amides is 1. The van der Waals surface area contributed by atoms with Gasteiger partial charge in [0.2, 0.25) is 5.88 Å². The Morgan fingerprint density at radius 3 is 3.06 bits per heavy atom. The highest BCUT2D eigenvalue weighted by atomic mass is 32.1. The second-order valence-corrected chi connectivity index (χ2v) is 3.56. The zero-order chi connectivity index (χ0) is 12.0. The first-order chi connectivity index (χ1) is 7.65. The first-order valence-electron chi connectivity index (χ1n) is 4.70. The normalized spacial score (nSPS) is 9.56. The first-order valence-corrected chi connectivity index (χ1v) is 5.11. The number of nitrogens with two attached hydrogens (primary N) is 1. The second kappa shape index (κ2) is 6.02. The van der Waals surface area contributed by atoms with E-state index in [1.165, 1.54) is 7.11 Å². The lowest BCUT2D eigenvalue weighted by atomic mass is 10.2. The molecule has 0 atom stereocenters. The van der Waals surface area contributed by atoms with Gasteiger partial charge in [0, 0.05) is 19.2 Å². The molecule has 16 heavy (non-hydrogen) atoms. The van der Waals surface area contributed by atoms with Crippen molar-refractivity contribution in [3.05, 3.63) is 23.9 Å². The number of rotatable bonds is 5. The van der Waals surface area contributed by atoms with Crippen LogP contribution in [0.25, 0.3) is 0 Å². The smallest absolute Gasteiger partial charge is 0.256 e. The maximum absolute atomic E-state index is 11.7. The molecule has 1 aromatic rings. The Bertz CT molecular complexity index is 395. The van der Waals surface area contributed by atoms with Crippen LogP contribution in [0.5, 0.6) is 5.88 Å². The molecule has 1 heterocycles. The van der Waals surface area contributed by atoms with Crippen molar-refractivity contribution in [3.8, 4) is 5.88 Å². The Labute approximate surface area is 99.0 Å². The molecule has 6 heteroatoms. The molecule has 0 aliphatic heterocycles. The third kappa shape index (κ3) is 3.47. The fourth-order valence-corrected chi connectivity index (χ4v) is 1.22. The molecule has 0 saturated heterocycles. The second-order valence-electron chi connectivity index (χ2n) is 3.03. The minimum absolute atomic E-state index is 0.249. The third-order valence-corrected chi connectivity index (χ3v) is 2.07. The van der Waals surface area contributed by atoms with Crippen LogP contribution in [0.4, 0.5) is 0 Å². The summed E-state index contributed by atoms with van der Waals surface area (Å²) < 4.78 is 4.97. The van der Waals surface area contributed by atoms with Crippen molar-refractivity contribution in [1.82, 2.24) is 10.3 Å². The summed E-state index contributed by atoms with van der Waals surface area (Å²) in [7, 11) is 1.47. The molecular weight excluding hydrogens is 226 g/mol. The molecule has 0 fully saturated rings. The molecule has 3 N–H and O–H groups in total. The number of methoxy groups -OCH3 is 1. The lowest BCUT2D eigenvalue weighted by Crippen LogP contribution is -2.27. The predicted molar refractivity (Wildman–Crippen MR) is 64.5 cm³/mol. The van der Waals surface area contributed by atoms with Crippen LogP contribution in [0.1, 0.15) is 16.8 Å². The summed E-state index contributed by atoms with van der Waals surface area (Å²) in [5.74, 6) is 0.0523. The quantitative estimate of drug-likeness (QED) is 0.731. The average Bonchev–Trinajstić information content (AvgIpc) is 2.28. The number of nitrogens with one attached hydrogen (secondary N) is 1. The van der Waals surface area contributed by atoms with Crippen molar-refractivity contribution in [2.45, 2.75) is 6.42 Å². The van der Waals surface area contributed by atoms with Gasteiger partial charge >= 0.3 is 0 Å². The van der Waals surface area contributed by atoms with E-state index < -0.39 is 0 Å². The number of hydrogen-bond donors (Lipinski definition) is 2. The van der Waals surface area contributed by atoms with E-state index in [0.717, 1.165) is 0 Å². The number of pyridine rings is 1. The van der Waals surface area contributed by atoms with Crippen LogP contribution in [0.3, 0.4) is 0 Å². The monoisotopic (exact) mass is 239 g/mol. The Hall–Kier alpha value is -1.69. The van der Waals surface area contributed by atoms with Crippen LogP contribution in [0, 0.1) is 0 Å².